The lowest BCUT2D eigenvalue weighted by Gasteiger charge is -2.20. The highest BCUT2D eigenvalue weighted by Gasteiger charge is 2.16. The fourth-order valence-corrected chi connectivity index (χ4v) is 2.98. The number of benzene rings is 2. The number of ether oxygens (including phenoxy) is 1. The quantitative estimate of drug-likeness (QED) is 0.696. The van der Waals surface area contributed by atoms with E-state index in [1.54, 1.807) is 19.1 Å². The minimum absolute atomic E-state index is 0.167. The molecule has 0 amide bonds. The van der Waals surface area contributed by atoms with Gasteiger partial charge in [0.2, 0.25) is 0 Å². The van der Waals surface area contributed by atoms with Gasteiger partial charge in [0.25, 0.3) is 0 Å². The molecule has 26 heavy (non-hydrogen) atoms. The van der Waals surface area contributed by atoms with Crippen LogP contribution in [0, 0.1) is 0 Å². The van der Waals surface area contributed by atoms with E-state index in [4.69, 9.17) is 27.0 Å². The van der Waals surface area contributed by atoms with Gasteiger partial charge in [-0.25, -0.2) is 4.98 Å². The first-order valence-electron chi connectivity index (χ1n) is 8.01. The van der Waals surface area contributed by atoms with Gasteiger partial charge in [-0.05, 0) is 18.2 Å². The molecular weight excluding hydrogens is 348 g/mol. The van der Waals surface area contributed by atoms with Gasteiger partial charge in [0.05, 0.1) is 18.3 Å². The number of hydrogen-bond donors (Lipinski definition) is 1. The zero-order valence-corrected chi connectivity index (χ0v) is 15.3. The monoisotopic (exact) mass is 366 g/mol. The molecule has 3 rings (SSSR count). The number of carboxylic acids is 1. The lowest BCUT2D eigenvalue weighted by atomic mass is 10.0. The Morgan fingerprint density at radius 1 is 1.19 bits per heavy atom. The Labute approximate surface area is 156 Å². The first-order valence-corrected chi connectivity index (χ1v) is 8.42. The van der Waals surface area contributed by atoms with Crippen molar-refractivity contribution in [3.05, 3.63) is 60.2 Å². The number of hydrogen-bond acceptors (Lipinski definition) is 4. The fourth-order valence-electron chi connectivity index (χ4n) is 2.75. The SMILES string of the molecule is COc1ccc2c(C(=S)N(C)CC(=O)O)cc(-c3ccccc3)nc2c1. The van der Waals surface area contributed by atoms with Crippen LogP contribution < -0.4 is 4.74 Å². The number of aliphatic carboxylic acids is 1. The third-order valence-electron chi connectivity index (χ3n) is 4.04. The van der Waals surface area contributed by atoms with Crippen molar-refractivity contribution in [2.75, 3.05) is 20.7 Å². The predicted octanol–water partition coefficient (Wildman–Crippen LogP) is 3.60. The summed E-state index contributed by atoms with van der Waals surface area (Å²) in [4.78, 5) is 17.8. The number of thiocarbonyl (C=S) groups is 1. The summed E-state index contributed by atoms with van der Waals surface area (Å²) >= 11 is 5.56. The normalized spacial score (nSPS) is 10.5. The molecule has 0 saturated carbocycles. The van der Waals surface area contributed by atoms with Crippen molar-refractivity contribution in [2.24, 2.45) is 0 Å². The summed E-state index contributed by atoms with van der Waals surface area (Å²) < 4.78 is 5.31. The van der Waals surface area contributed by atoms with Crippen LogP contribution in [0.15, 0.2) is 54.6 Å². The highest BCUT2D eigenvalue weighted by Crippen LogP contribution is 2.28. The molecule has 1 N–H and O–H groups in total. The summed E-state index contributed by atoms with van der Waals surface area (Å²) in [6, 6.07) is 17.3. The molecule has 0 aliphatic rings. The molecule has 0 bridgehead atoms. The summed E-state index contributed by atoms with van der Waals surface area (Å²) in [6.07, 6.45) is 0. The average molecular weight is 366 g/mol. The van der Waals surface area contributed by atoms with Crippen LogP contribution in [0.1, 0.15) is 5.56 Å². The highest BCUT2D eigenvalue weighted by atomic mass is 32.1. The molecule has 0 aliphatic carbocycles. The third kappa shape index (κ3) is 3.65. The Morgan fingerprint density at radius 3 is 2.58 bits per heavy atom. The first kappa shape index (κ1) is 17.8. The van der Waals surface area contributed by atoms with Crippen LogP contribution in [0.5, 0.6) is 5.75 Å². The van der Waals surface area contributed by atoms with Gasteiger partial charge in [-0.3, -0.25) is 4.79 Å². The van der Waals surface area contributed by atoms with E-state index in [2.05, 4.69) is 0 Å². The van der Waals surface area contributed by atoms with Crippen LogP contribution in [0.3, 0.4) is 0 Å². The maximum Gasteiger partial charge on any atom is 0.323 e. The number of carbonyl (C=O) groups is 1. The Kier molecular flexibility index (Phi) is 5.14. The van der Waals surface area contributed by atoms with Gasteiger partial charge in [0.15, 0.2) is 0 Å². The number of nitrogens with zero attached hydrogens (tertiary/aromatic N) is 2. The van der Waals surface area contributed by atoms with Crippen molar-refractivity contribution < 1.29 is 14.6 Å². The molecule has 1 aromatic heterocycles. The van der Waals surface area contributed by atoms with Gasteiger partial charge < -0.3 is 14.7 Å². The van der Waals surface area contributed by atoms with Gasteiger partial charge in [-0.1, -0.05) is 42.5 Å². The number of aromatic nitrogens is 1. The minimum Gasteiger partial charge on any atom is -0.497 e. The molecule has 0 fully saturated rings. The zero-order chi connectivity index (χ0) is 18.7. The molecule has 1 heterocycles. The Hall–Kier alpha value is -2.99. The highest BCUT2D eigenvalue weighted by molar-refractivity contribution is 7.80. The summed E-state index contributed by atoms with van der Waals surface area (Å²) in [6.45, 7) is -0.167. The molecule has 6 heteroatoms. The van der Waals surface area contributed by atoms with Gasteiger partial charge in [-0.15, -0.1) is 0 Å². The number of methoxy groups -OCH3 is 1. The fraction of sp³-hybridized carbons (Fsp3) is 0.150. The molecule has 0 radical (unpaired) electrons. The molecule has 0 aliphatic heterocycles. The van der Waals surface area contributed by atoms with Crippen LogP contribution in [0.2, 0.25) is 0 Å². The van der Waals surface area contributed by atoms with E-state index in [0.717, 1.165) is 27.7 Å². The molecule has 0 saturated heterocycles. The lowest BCUT2D eigenvalue weighted by molar-refractivity contribution is -0.137. The summed E-state index contributed by atoms with van der Waals surface area (Å²) in [5, 5.41) is 9.92. The van der Waals surface area contributed by atoms with Crippen molar-refractivity contribution in [1.82, 2.24) is 9.88 Å². The van der Waals surface area contributed by atoms with E-state index >= 15 is 0 Å². The van der Waals surface area contributed by atoms with Crippen molar-refractivity contribution in [3.63, 3.8) is 0 Å². The standard InChI is InChI=1S/C20H18N2O3S/c1-22(12-19(23)24)20(26)16-11-17(13-6-4-3-5-7-13)21-18-10-14(25-2)8-9-15(16)18/h3-11H,12H2,1-2H3,(H,23,24). The van der Waals surface area contributed by atoms with Crippen molar-refractivity contribution in [1.29, 1.82) is 0 Å². The first-order chi connectivity index (χ1) is 12.5. The van der Waals surface area contributed by atoms with E-state index in [-0.39, 0.29) is 6.54 Å². The molecule has 0 unspecified atom stereocenters. The Bertz CT molecular complexity index is 973. The summed E-state index contributed by atoms with van der Waals surface area (Å²) in [7, 11) is 3.28. The van der Waals surface area contributed by atoms with Crippen LogP contribution >= 0.6 is 12.2 Å². The second-order valence-electron chi connectivity index (χ2n) is 5.86. The molecular formula is C20H18N2O3S. The van der Waals surface area contributed by atoms with Crippen molar-refractivity contribution in [3.8, 4) is 17.0 Å². The van der Waals surface area contributed by atoms with E-state index < -0.39 is 5.97 Å². The van der Waals surface area contributed by atoms with Gasteiger partial charge in [0.1, 0.15) is 17.3 Å². The number of carboxylic acid groups (broad SMARTS) is 1. The maximum atomic E-state index is 11.1. The van der Waals surface area contributed by atoms with E-state index in [1.807, 2.05) is 54.6 Å². The Morgan fingerprint density at radius 2 is 1.92 bits per heavy atom. The lowest BCUT2D eigenvalue weighted by Crippen LogP contribution is -2.31. The van der Waals surface area contributed by atoms with Gasteiger partial charge in [0, 0.05) is 29.6 Å². The minimum atomic E-state index is -0.932. The number of rotatable bonds is 5. The van der Waals surface area contributed by atoms with Crippen molar-refractivity contribution in [2.45, 2.75) is 0 Å². The second-order valence-corrected chi connectivity index (χ2v) is 6.25. The predicted molar refractivity (Wildman–Crippen MR) is 106 cm³/mol. The summed E-state index contributed by atoms with van der Waals surface area (Å²) in [5.74, 6) is -0.232. The number of likely N-dealkylation sites (N-methyl/N-ethyl adjacent to an activating group) is 1. The molecule has 3 aromatic rings. The number of fused-ring (bicyclic) bond motifs is 1. The molecule has 5 nitrogen and oxygen atoms in total. The Balaban J connectivity index is 2.19. The topological polar surface area (TPSA) is 62.7 Å². The van der Waals surface area contributed by atoms with Crippen LogP contribution in [-0.4, -0.2) is 46.7 Å². The summed E-state index contributed by atoms with van der Waals surface area (Å²) in [5.41, 5.74) is 3.25. The third-order valence-corrected chi connectivity index (χ3v) is 4.57. The molecule has 132 valence electrons. The van der Waals surface area contributed by atoms with Crippen LogP contribution in [-0.2, 0) is 4.79 Å². The second kappa shape index (κ2) is 7.49. The van der Waals surface area contributed by atoms with Crippen molar-refractivity contribution >= 4 is 34.1 Å². The van der Waals surface area contributed by atoms with Gasteiger partial charge >= 0.3 is 5.97 Å². The number of pyridine rings is 1. The van der Waals surface area contributed by atoms with E-state index in [1.165, 1.54) is 0 Å². The van der Waals surface area contributed by atoms with E-state index in [0.29, 0.717) is 10.7 Å². The molecule has 2 aromatic carbocycles. The van der Waals surface area contributed by atoms with Gasteiger partial charge in [-0.2, -0.15) is 0 Å². The van der Waals surface area contributed by atoms with Crippen LogP contribution in [0.25, 0.3) is 22.2 Å². The smallest absolute Gasteiger partial charge is 0.323 e. The largest absolute Gasteiger partial charge is 0.497 e. The zero-order valence-electron chi connectivity index (χ0n) is 14.5. The molecule has 0 atom stereocenters. The molecule has 0 spiro atoms. The average Bonchev–Trinajstić information content (AvgIpc) is 2.66. The maximum absolute atomic E-state index is 11.1. The van der Waals surface area contributed by atoms with E-state index in [9.17, 15) is 4.79 Å². The van der Waals surface area contributed by atoms with Crippen LogP contribution in [0.4, 0.5) is 0 Å².